The van der Waals surface area contributed by atoms with E-state index < -0.39 is 0 Å². The average molecular weight is 319 g/mol. The Morgan fingerprint density at radius 1 is 1.70 bits per heavy atom. The van der Waals surface area contributed by atoms with Crippen molar-refractivity contribution in [3.63, 3.8) is 0 Å². The number of ether oxygens (including phenoxy) is 1. The van der Waals surface area contributed by atoms with Gasteiger partial charge in [-0.1, -0.05) is 0 Å². The predicted molar refractivity (Wildman–Crippen MR) is 81.6 cm³/mol. The molecule has 8 heteroatoms. The molecule has 1 saturated heterocycles. The second-order valence-electron chi connectivity index (χ2n) is 4.49. The van der Waals surface area contributed by atoms with E-state index >= 15 is 0 Å². The van der Waals surface area contributed by atoms with Crippen LogP contribution in [0.5, 0.6) is 0 Å². The lowest BCUT2D eigenvalue weighted by Crippen LogP contribution is -2.39. The number of methoxy groups -OCH3 is 1. The quantitative estimate of drug-likeness (QED) is 0.468. The molecular weight excluding hydrogens is 300 g/mol. The molecule has 0 saturated carbocycles. The second kappa shape index (κ2) is 7.58. The summed E-state index contributed by atoms with van der Waals surface area (Å²) in [6, 6.07) is 1.64. The lowest BCUT2D eigenvalue weighted by atomic mass is 10.2. The number of rotatable bonds is 5. The van der Waals surface area contributed by atoms with Gasteiger partial charge in [0.25, 0.3) is 0 Å². The summed E-state index contributed by atoms with van der Waals surface area (Å²) in [5.41, 5.74) is 6.09. The number of amidine groups is 1. The van der Waals surface area contributed by atoms with Gasteiger partial charge in [-0.05, 0) is 12.5 Å². The van der Waals surface area contributed by atoms with Crippen LogP contribution in [0, 0.1) is 5.41 Å². The maximum absolute atomic E-state index is 11.9. The lowest BCUT2D eigenvalue weighted by molar-refractivity contribution is -0.123. The first kappa shape index (κ1) is 16.9. The number of nitrogen functional groups attached to an aromatic ring is 1. The van der Waals surface area contributed by atoms with E-state index in [-0.39, 0.29) is 36.3 Å². The lowest BCUT2D eigenvalue weighted by Gasteiger charge is -2.10. The van der Waals surface area contributed by atoms with Crippen LogP contribution in [-0.2, 0) is 16.1 Å². The molecule has 1 aliphatic heterocycles. The molecule has 6 nitrogen and oxygen atoms in total. The zero-order valence-corrected chi connectivity index (χ0v) is 12.8. The monoisotopic (exact) mass is 318 g/mol. The minimum Gasteiger partial charge on any atom is -0.384 e. The molecule has 20 heavy (non-hydrogen) atoms. The van der Waals surface area contributed by atoms with Crippen LogP contribution in [0.1, 0.15) is 16.9 Å². The van der Waals surface area contributed by atoms with E-state index in [9.17, 15) is 4.79 Å². The molecule has 2 rings (SSSR count). The molecule has 2 heterocycles. The van der Waals surface area contributed by atoms with Crippen LogP contribution in [0.3, 0.4) is 0 Å². The van der Waals surface area contributed by atoms with Gasteiger partial charge in [0.05, 0.1) is 18.7 Å². The van der Waals surface area contributed by atoms with Gasteiger partial charge in [0, 0.05) is 29.5 Å². The summed E-state index contributed by atoms with van der Waals surface area (Å²) in [5.74, 6) is 0.0338. The average Bonchev–Trinajstić information content (AvgIpc) is 3.04. The number of hydrogen-bond donors (Lipinski definition) is 4. The molecule has 0 radical (unpaired) electrons. The summed E-state index contributed by atoms with van der Waals surface area (Å²) in [7, 11) is 1.65. The molecule has 1 amide bonds. The third-order valence-electron chi connectivity index (χ3n) is 3.14. The highest BCUT2D eigenvalue weighted by molar-refractivity contribution is 7.10. The first-order valence-corrected chi connectivity index (χ1v) is 6.94. The standard InChI is InChI=1S/C12H18N4O2S.ClH/c1-18-8-3-10(15-4-8)12(17)16-5-9-2-7(6-19-9)11(13)14;/h2,6,8,10,15H,3-5H2,1H3,(H3,13,14)(H,16,17);1H/t8-,10+;/m1./s1. The van der Waals surface area contributed by atoms with E-state index in [0.717, 1.165) is 4.88 Å². The van der Waals surface area contributed by atoms with E-state index in [4.69, 9.17) is 15.9 Å². The van der Waals surface area contributed by atoms with Gasteiger partial charge >= 0.3 is 0 Å². The van der Waals surface area contributed by atoms with Crippen molar-refractivity contribution in [2.24, 2.45) is 5.73 Å². The first-order chi connectivity index (χ1) is 9.10. The molecular formula is C12H19ClN4O2S. The van der Waals surface area contributed by atoms with Gasteiger partial charge < -0.3 is 21.1 Å². The molecule has 2 atom stereocenters. The van der Waals surface area contributed by atoms with Gasteiger partial charge in [-0.15, -0.1) is 23.7 Å². The fraction of sp³-hybridized carbons (Fsp3) is 0.500. The van der Waals surface area contributed by atoms with E-state index in [1.54, 1.807) is 7.11 Å². The van der Waals surface area contributed by atoms with Crippen molar-refractivity contribution in [1.82, 2.24) is 10.6 Å². The highest BCUT2D eigenvalue weighted by Gasteiger charge is 2.28. The molecule has 1 fully saturated rings. The van der Waals surface area contributed by atoms with Crippen LogP contribution in [0.15, 0.2) is 11.4 Å². The smallest absolute Gasteiger partial charge is 0.237 e. The van der Waals surface area contributed by atoms with E-state index in [1.165, 1.54) is 11.3 Å². The highest BCUT2D eigenvalue weighted by atomic mass is 35.5. The Morgan fingerprint density at radius 3 is 3.00 bits per heavy atom. The molecule has 0 bridgehead atoms. The Hall–Kier alpha value is -1.15. The highest BCUT2D eigenvalue weighted by Crippen LogP contribution is 2.14. The molecule has 0 spiro atoms. The number of carbonyl (C=O) groups excluding carboxylic acids is 1. The fourth-order valence-electron chi connectivity index (χ4n) is 1.99. The Bertz CT molecular complexity index is 480. The molecule has 0 aliphatic carbocycles. The molecule has 5 N–H and O–H groups in total. The minimum absolute atomic E-state index is 0. The minimum atomic E-state index is -0.183. The molecule has 0 aromatic carbocycles. The zero-order chi connectivity index (χ0) is 13.8. The number of hydrogen-bond acceptors (Lipinski definition) is 5. The fourth-order valence-corrected chi connectivity index (χ4v) is 2.82. The second-order valence-corrected chi connectivity index (χ2v) is 5.48. The van der Waals surface area contributed by atoms with Crippen molar-refractivity contribution in [2.75, 3.05) is 13.7 Å². The van der Waals surface area contributed by atoms with Crippen LogP contribution in [0.4, 0.5) is 0 Å². The van der Waals surface area contributed by atoms with Crippen LogP contribution >= 0.6 is 23.7 Å². The van der Waals surface area contributed by atoms with E-state index in [2.05, 4.69) is 10.6 Å². The van der Waals surface area contributed by atoms with Crippen molar-refractivity contribution in [1.29, 1.82) is 5.41 Å². The Morgan fingerprint density at radius 2 is 2.45 bits per heavy atom. The summed E-state index contributed by atoms with van der Waals surface area (Å²) in [6.07, 6.45) is 0.813. The SMILES string of the molecule is CO[C@H]1CN[C@H](C(=O)NCc2cc(C(=N)N)cs2)C1.Cl. The summed E-state index contributed by atoms with van der Waals surface area (Å²) < 4.78 is 5.21. The number of halogens is 1. The van der Waals surface area contributed by atoms with E-state index in [1.807, 2.05) is 11.4 Å². The van der Waals surface area contributed by atoms with Gasteiger partial charge in [0.2, 0.25) is 5.91 Å². The van der Waals surface area contributed by atoms with Gasteiger partial charge in [0.1, 0.15) is 5.84 Å². The number of carbonyl (C=O) groups is 1. The maximum Gasteiger partial charge on any atom is 0.237 e. The van der Waals surface area contributed by atoms with Gasteiger partial charge in [0.15, 0.2) is 0 Å². The third kappa shape index (κ3) is 4.17. The Balaban J connectivity index is 0.00000200. The van der Waals surface area contributed by atoms with Crippen LogP contribution in [0.2, 0.25) is 0 Å². The maximum atomic E-state index is 11.9. The van der Waals surface area contributed by atoms with Gasteiger partial charge in [-0.2, -0.15) is 0 Å². The summed E-state index contributed by atoms with van der Waals surface area (Å²) in [6.45, 7) is 1.18. The molecule has 1 aromatic rings. The first-order valence-electron chi connectivity index (χ1n) is 6.06. The molecule has 112 valence electrons. The summed E-state index contributed by atoms with van der Waals surface area (Å²) in [5, 5.41) is 15.1. The predicted octanol–water partition coefficient (Wildman–Crippen LogP) is 0.447. The summed E-state index contributed by atoms with van der Waals surface area (Å²) in [4.78, 5) is 12.9. The van der Waals surface area contributed by atoms with Crippen molar-refractivity contribution < 1.29 is 9.53 Å². The normalized spacial score (nSPS) is 21.2. The summed E-state index contributed by atoms with van der Waals surface area (Å²) >= 11 is 1.49. The number of nitrogens with two attached hydrogens (primary N) is 1. The van der Waals surface area contributed by atoms with Crippen LogP contribution in [0.25, 0.3) is 0 Å². The van der Waals surface area contributed by atoms with Gasteiger partial charge in [-0.3, -0.25) is 10.2 Å². The van der Waals surface area contributed by atoms with Crippen molar-refractivity contribution >= 4 is 35.5 Å². The Labute approximate surface area is 128 Å². The topological polar surface area (TPSA) is 100 Å². The zero-order valence-electron chi connectivity index (χ0n) is 11.1. The largest absolute Gasteiger partial charge is 0.384 e. The molecule has 0 unspecified atom stereocenters. The Kier molecular flexibility index (Phi) is 6.41. The number of nitrogens with one attached hydrogen (secondary N) is 3. The van der Waals surface area contributed by atoms with Crippen LogP contribution < -0.4 is 16.4 Å². The number of amides is 1. The van der Waals surface area contributed by atoms with Gasteiger partial charge in [-0.25, -0.2) is 0 Å². The third-order valence-corrected chi connectivity index (χ3v) is 4.08. The molecule has 1 aromatic heterocycles. The van der Waals surface area contributed by atoms with Crippen molar-refractivity contribution in [3.8, 4) is 0 Å². The van der Waals surface area contributed by atoms with Crippen molar-refractivity contribution in [3.05, 3.63) is 21.9 Å². The van der Waals surface area contributed by atoms with Crippen LogP contribution in [-0.4, -0.2) is 37.5 Å². The molecule has 1 aliphatic rings. The van der Waals surface area contributed by atoms with E-state index in [0.29, 0.717) is 25.1 Å². The van der Waals surface area contributed by atoms with Crippen molar-refractivity contribution in [2.45, 2.75) is 25.1 Å². The number of thiophene rings is 1.